The molecule has 0 aliphatic heterocycles. The summed E-state index contributed by atoms with van der Waals surface area (Å²) in [6.07, 6.45) is 0.674. The van der Waals surface area contributed by atoms with Crippen LogP contribution in [0.15, 0.2) is 24.3 Å². The summed E-state index contributed by atoms with van der Waals surface area (Å²) < 4.78 is 24.8. The zero-order valence-electron chi connectivity index (χ0n) is 12.0. The molecule has 4 heteroatoms. The number of halogens is 1. The van der Waals surface area contributed by atoms with Crippen LogP contribution in [0.3, 0.4) is 0 Å². The molecule has 1 rings (SSSR count). The van der Waals surface area contributed by atoms with Crippen molar-refractivity contribution in [2.75, 3.05) is 26.8 Å². The van der Waals surface area contributed by atoms with Crippen LogP contribution < -0.4 is 5.32 Å². The quantitative estimate of drug-likeness (QED) is 0.699. The fourth-order valence-electron chi connectivity index (χ4n) is 1.93. The molecule has 0 bridgehead atoms. The maximum atomic E-state index is 13.8. The molecule has 3 nitrogen and oxygen atoms in total. The van der Waals surface area contributed by atoms with Crippen LogP contribution in [0.4, 0.5) is 4.39 Å². The van der Waals surface area contributed by atoms with Crippen LogP contribution in [0.1, 0.15) is 31.9 Å². The Morgan fingerprint density at radius 1 is 1.32 bits per heavy atom. The fourth-order valence-corrected chi connectivity index (χ4v) is 1.93. The Hall–Kier alpha value is -0.970. The maximum absolute atomic E-state index is 13.8. The minimum atomic E-state index is -0.294. The predicted molar refractivity (Wildman–Crippen MR) is 74.7 cm³/mol. The van der Waals surface area contributed by atoms with Crippen molar-refractivity contribution in [3.8, 4) is 0 Å². The van der Waals surface area contributed by atoms with Crippen LogP contribution in [0, 0.1) is 5.82 Å². The lowest BCUT2D eigenvalue weighted by molar-refractivity contribution is -0.0405. The average Bonchev–Trinajstić information content (AvgIpc) is 2.39. The molecule has 108 valence electrons. The minimum absolute atomic E-state index is 0.0713. The van der Waals surface area contributed by atoms with E-state index < -0.39 is 0 Å². The largest absolute Gasteiger partial charge is 0.382 e. The third-order valence-electron chi connectivity index (χ3n) is 2.81. The molecule has 1 aromatic rings. The van der Waals surface area contributed by atoms with Gasteiger partial charge in [0.05, 0.1) is 18.8 Å². The van der Waals surface area contributed by atoms with E-state index in [1.165, 1.54) is 6.07 Å². The van der Waals surface area contributed by atoms with E-state index in [2.05, 4.69) is 12.2 Å². The third kappa shape index (κ3) is 5.68. The number of benzene rings is 1. The lowest BCUT2D eigenvalue weighted by atomic mass is 10.1. The smallest absolute Gasteiger partial charge is 0.129 e. The van der Waals surface area contributed by atoms with Crippen LogP contribution in [0.25, 0.3) is 0 Å². The summed E-state index contributed by atoms with van der Waals surface area (Å²) in [5, 5.41) is 3.28. The molecular weight excluding hydrogens is 245 g/mol. The molecule has 0 saturated heterocycles. The zero-order chi connectivity index (χ0) is 14.1. The summed E-state index contributed by atoms with van der Waals surface area (Å²) in [6.45, 7) is 6.02. The van der Waals surface area contributed by atoms with Gasteiger partial charge in [0.15, 0.2) is 0 Å². The van der Waals surface area contributed by atoms with Crippen LogP contribution in [-0.4, -0.2) is 32.9 Å². The van der Waals surface area contributed by atoms with Gasteiger partial charge in [-0.25, -0.2) is 4.39 Å². The Morgan fingerprint density at radius 3 is 2.68 bits per heavy atom. The molecule has 1 N–H and O–H groups in total. The SMILES string of the molecule is CCCNCC(OC(C)COC)c1ccccc1F. The maximum Gasteiger partial charge on any atom is 0.129 e. The Morgan fingerprint density at radius 2 is 2.05 bits per heavy atom. The first-order valence-electron chi connectivity index (χ1n) is 6.78. The molecule has 0 saturated carbocycles. The highest BCUT2D eigenvalue weighted by atomic mass is 19.1. The van der Waals surface area contributed by atoms with E-state index in [1.807, 2.05) is 13.0 Å². The summed E-state index contributed by atoms with van der Waals surface area (Å²) >= 11 is 0. The van der Waals surface area contributed by atoms with Crippen molar-refractivity contribution in [1.29, 1.82) is 0 Å². The molecule has 0 radical (unpaired) electrons. The number of rotatable bonds is 9. The summed E-state index contributed by atoms with van der Waals surface area (Å²) in [6, 6.07) is 6.75. The Labute approximate surface area is 115 Å². The summed E-state index contributed by atoms with van der Waals surface area (Å²) in [5.41, 5.74) is 0.592. The second-order valence-electron chi connectivity index (χ2n) is 4.62. The van der Waals surface area contributed by atoms with E-state index in [4.69, 9.17) is 9.47 Å². The first-order valence-corrected chi connectivity index (χ1v) is 6.78. The Kier molecular flexibility index (Phi) is 7.63. The molecule has 0 spiro atoms. The van der Waals surface area contributed by atoms with E-state index in [0.29, 0.717) is 18.7 Å². The van der Waals surface area contributed by atoms with Crippen molar-refractivity contribution in [3.63, 3.8) is 0 Å². The summed E-state index contributed by atoms with van der Waals surface area (Å²) in [7, 11) is 1.63. The topological polar surface area (TPSA) is 30.5 Å². The van der Waals surface area contributed by atoms with Gasteiger partial charge in [-0.1, -0.05) is 25.1 Å². The molecule has 2 unspecified atom stereocenters. The van der Waals surface area contributed by atoms with Crippen molar-refractivity contribution in [3.05, 3.63) is 35.6 Å². The highest BCUT2D eigenvalue weighted by Crippen LogP contribution is 2.21. The number of ether oxygens (including phenoxy) is 2. The summed E-state index contributed by atoms with van der Waals surface area (Å²) in [5.74, 6) is -0.226. The lowest BCUT2D eigenvalue weighted by Crippen LogP contribution is -2.28. The van der Waals surface area contributed by atoms with E-state index in [0.717, 1.165) is 13.0 Å². The molecule has 19 heavy (non-hydrogen) atoms. The third-order valence-corrected chi connectivity index (χ3v) is 2.81. The Balaban J connectivity index is 2.71. The number of nitrogens with one attached hydrogen (secondary N) is 1. The molecule has 0 aliphatic rings. The monoisotopic (exact) mass is 269 g/mol. The fraction of sp³-hybridized carbons (Fsp3) is 0.600. The highest BCUT2D eigenvalue weighted by Gasteiger charge is 2.18. The van der Waals surface area contributed by atoms with Crippen molar-refractivity contribution < 1.29 is 13.9 Å². The van der Waals surface area contributed by atoms with Crippen molar-refractivity contribution >= 4 is 0 Å². The number of hydrogen-bond acceptors (Lipinski definition) is 3. The van der Waals surface area contributed by atoms with E-state index in [-0.39, 0.29) is 18.0 Å². The summed E-state index contributed by atoms with van der Waals surface area (Å²) in [4.78, 5) is 0. The van der Waals surface area contributed by atoms with Gasteiger partial charge in [0, 0.05) is 19.2 Å². The second-order valence-corrected chi connectivity index (χ2v) is 4.62. The van der Waals surface area contributed by atoms with Crippen LogP contribution >= 0.6 is 0 Å². The molecule has 1 aromatic carbocycles. The van der Waals surface area contributed by atoms with Gasteiger partial charge in [0.2, 0.25) is 0 Å². The molecule has 0 aliphatic carbocycles. The van der Waals surface area contributed by atoms with Gasteiger partial charge in [-0.15, -0.1) is 0 Å². The van der Waals surface area contributed by atoms with Gasteiger partial charge >= 0.3 is 0 Å². The normalized spacial score (nSPS) is 14.3. The van der Waals surface area contributed by atoms with Crippen LogP contribution in [0.2, 0.25) is 0 Å². The first kappa shape index (κ1) is 16.1. The standard InChI is InChI=1S/C15H24FNO2/c1-4-9-17-10-15(19-12(2)11-18-3)13-7-5-6-8-14(13)16/h5-8,12,15,17H,4,9-11H2,1-3H3. The molecule has 2 atom stereocenters. The minimum Gasteiger partial charge on any atom is -0.382 e. The van der Waals surface area contributed by atoms with Gasteiger partial charge in [0.25, 0.3) is 0 Å². The van der Waals surface area contributed by atoms with Crippen molar-refractivity contribution in [2.45, 2.75) is 32.5 Å². The first-order chi connectivity index (χ1) is 9.19. The Bertz CT molecular complexity index is 360. The van der Waals surface area contributed by atoms with E-state index in [9.17, 15) is 4.39 Å². The van der Waals surface area contributed by atoms with Gasteiger partial charge < -0.3 is 14.8 Å². The molecule has 0 aromatic heterocycles. The molecular formula is C15H24FNO2. The number of methoxy groups -OCH3 is 1. The zero-order valence-corrected chi connectivity index (χ0v) is 12.0. The lowest BCUT2D eigenvalue weighted by Gasteiger charge is -2.23. The highest BCUT2D eigenvalue weighted by molar-refractivity contribution is 5.20. The average molecular weight is 269 g/mol. The van der Waals surface area contributed by atoms with E-state index >= 15 is 0 Å². The number of hydrogen-bond donors (Lipinski definition) is 1. The molecule has 0 heterocycles. The van der Waals surface area contributed by atoms with Gasteiger partial charge in [-0.3, -0.25) is 0 Å². The van der Waals surface area contributed by atoms with Crippen LogP contribution in [0.5, 0.6) is 0 Å². The van der Waals surface area contributed by atoms with Gasteiger partial charge in [-0.05, 0) is 26.0 Å². The van der Waals surface area contributed by atoms with Gasteiger partial charge in [0.1, 0.15) is 5.82 Å². The molecule has 0 amide bonds. The molecule has 0 fully saturated rings. The van der Waals surface area contributed by atoms with Crippen molar-refractivity contribution in [1.82, 2.24) is 5.32 Å². The van der Waals surface area contributed by atoms with Crippen molar-refractivity contribution in [2.24, 2.45) is 0 Å². The van der Waals surface area contributed by atoms with Gasteiger partial charge in [-0.2, -0.15) is 0 Å². The predicted octanol–water partition coefficient (Wildman–Crippen LogP) is 2.92. The second kappa shape index (κ2) is 9.02. The van der Waals surface area contributed by atoms with E-state index in [1.54, 1.807) is 19.2 Å². The van der Waals surface area contributed by atoms with Crippen LogP contribution in [-0.2, 0) is 9.47 Å².